The smallest absolute Gasteiger partial charge is 0.118 e. The Hall–Kier alpha value is -2.31. The van der Waals surface area contributed by atoms with Gasteiger partial charge >= 0.3 is 0 Å². The standard InChI is InChI=1S/C17H18N2O/c1-13(16-7-9-17(20-2)10-8-16)19-12-15-5-3-14(11-18)4-6-15/h3-10,13,19H,12H2,1-2H3. The number of rotatable bonds is 5. The van der Waals surface area contributed by atoms with Gasteiger partial charge in [0.2, 0.25) is 0 Å². The monoisotopic (exact) mass is 266 g/mol. The summed E-state index contributed by atoms with van der Waals surface area (Å²) in [4.78, 5) is 0. The van der Waals surface area contributed by atoms with Crippen molar-refractivity contribution in [1.29, 1.82) is 5.26 Å². The second kappa shape index (κ2) is 6.74. The van der Waals surface area contributed by atoms with Gasteiger partial charge in [-0.3, -0.25) is 0 Å². The molecule has 0 fully saturated rings. The van der Waals surface area contributed by atoms with Crippen molar-refractivity contribution in [3.05, 3.63) is 65.2 Å². The average molecular weight is 266 g/mol. The van der Waals surface area contributed by atoms with Crippen LogP contribution in [-0.2, 0) is 6.54 Å². The van der Waals surface area contributed by atoms with Crippen LogP contribution < -0.4 is 10.1 Å². The van der Waals surface area contributed by atoms with Crippen LogP contribution in [0, 0.1) is 11.3 Å². The molecule has 2 aromatic carbocycles. The van der Waals surface area contributed by atoms with Crippen LogP contribution in [0.25, 0.3) is 0 Å². The van der Waals surface area contributed by atoms with Gasteiger partial charge in [0.15, 0.2) is 0 Å². The summed E-state index contributed by atoms with van der Waals surface area (Å²) in [5, 5.41) is 12.2. The predicted molar refractivity (Wildman–Crippen MR) is 79.4 cm³/mol. The van der Waals surface area contributed by atoms with E-state index in [1.807, 2.05) is 36.4 Å². The molecule has 0 spiro atoms. The number of hydrogen-bond acceptors (Lipinski definition) is 3. The molecule has 0 amide bonds. The summed E-state index contributed by atoms with van der Waals surface area (Å²) in [7, 11) is 1.67. The van der Waals surface area contributed by atoms with Crippen molar-refractivity contribution >= 4 is 0 Å². The molecule has 102 valence electrons. The Morgan fingerprint density at radius 3 is 2.30 bits per heavy atom. The highest BCUT2D eigenvalue weighted by atomic mass is 16.5. The maximum absolute atomic E-state index is 8.76. The normalized spacial score (nSPS) is 11.7. The highest BCUT2D eigenvalue weighted by Gasteiger charge is 2.05. The summed E-state index contributed by atoms with van der Waals surface area (Å²) < 4.78 is 5.15. The van der Waals surface area contributed by atoms with Crippen molar-refractivity contribution in [1.82, 2.24) is 5.32 Å². The summed E-state index contributed by atoms with van der Waals surface area (Å²) in [6.45, 7) is 2.91. The number of ether oxygens (including phenoxy) is 1. The van der Waals surface area contributed by atoms with E-state index in [-0.39, 0.29) is 6.04 Å². The zero-order chi connectivity index (χ0) is 14.4. The van der Waals surface area contributed by atoms with E-state index in [0.717, 1.165) is 12.3 Å². The van der Waals surface area contributed by atoms with Crippen LogP contribution in [-0.4, -0.2) is 7.11 Å². The SMILES string of the molecule is COc1ccc(C(C)NCc2ccc(C#N)cc2)cc1. The summed E-state index contributed by atoms with van der Waals surface area (Å²) in [6, 6.07) is 18.1. The van der Waals surface area contributed by atoms with E-state index in [2.05, 4.69) is 30.4 Å². The first-order valence-electron chi connectivity index (χ1n) is 6.59. The maximum atomic E-state index is 8.76. The average Bonchev–Trinajstić information content (AvgIpc) is 2.53. The fourth-order valence-corrected chi connectivity index (χ4v) is 1.98. The predicted octanol–water partition coefficient (Wildman–Crippen LogP) is 3.42. The van der Waals surface area contributed by atoms with Crippen LogP contribution in [0.4, 0.5) is 0 Å². The molecule has 0 heterocycles. The Kier molecular flexibility index (Phi) is 4.75. The fourth-order valence-electron chi connectivity index (χ4n) is 1.98. The van der Waals surface area contributed by atoms with Crippen molar-refractivity contribution in [2.45, 2.75) is 19.5 Å². The topological polar surface area (TPSA) is 45.0 Å². The van der Waals surface area contributed by atoms with Gasteiger partial charge in [-0.1, -0.05) is 24.3 Å². The van der Waals surface area contributed by atoms with E-state index in [0.29, 0.717) is 5.56 Å². The van der Waals surface area contributed by atoms with Gasteiger partial charge < -0.3 is 10.1 Å². The highest BCUT2D eigenvalue weighted by Crippen LogP contribution is 2.17. The quantitative estimate of drug-likeness (QED) is 0.902. The Bertz CT molecular complexity index is 582. The minimum Gasteiger partial charge on any atom is -0.497 e. The zero-order valence-corrected chi connectivity index (χ0v) is 11.8. The van der Waals surface area contributed by atoms with Gasteiger partial charge in [0.25, 0.3) is 0 Å². The number of nitriles is 1. The third kappa shape index (κ3) is 3.59. The van der Waals surface area contributed by atoms with Crippen LogP contribution in [0.15, 0.2) is 48.5 Å². The van der Waals surface area contributed by atoms with Crippen LogP contribution >= 0.6 is 0 Å². The molecule has 0 radical (unpaired) electrons. The largest absolute Gasteiger partial charge is 0.497 e. The molecular formula is C17H18N2O. The molecule has 0 aliphatic heterocycles. The van der Waals surface area contributed by atoms with E-state index < -0.39 is 0 Å². The molecule has 20 heavy (non-hydrogen) atoms. The summed E-state index contributed by atoms with van der Waals surface area (Å²) in [5.74, 6) is 0.869. The van der Waals surface area contributed by atoms with Gasteiger partial charge in [-0.05, 0) is 42.3 Å². The van der Waals surface area contributed by atoms with E-state index in [9.17, 15) is 0 Å². The van der Waals surface area contributed by atoms with Crippen LogP contribution in [0.5, 0.6) is 5.75 Å². The Labute approximate surface area is 119 Å². The van der Waals surface area contributed by atoms with E-state index in [1.165, 1.54) is 11.1 Å². The molecule has 2 rings (SSSR count). The lowest BCUT2D eigenvalue weighted by Crippen LogP contribution is -2.17. The van der Waals surface area contributed by atoms with Crippen molar-refractivity contribution in [2.24, 2.45) is 0 Å². The lowest BCUT2D eigenvalue weighted by Gasteiger charge is -2.14. The third-order valence-corrected chi connectivity index (χ3v) is 3.31. The van der Waals surface area contributed by atoms with Crippen LogP contribution in [0.1, 0.15) is 29.7 Å². The molecule has 0 saturated carbocycles. The molecule has 1 atom stereocenters. The fraction of sp³-hybridized carbons (Fsp3) is 0.235. The molecule has 3 nitrogen and oxygen atoms in total. The first-order valence-corrected chi connectivity index (χ1v) is 6.59. The Morgan fingerprint density at radius 1 is 1.10 bits per heavy atom. The van der Waals surface area contributed by atoms with Crippen molar-refractivity contribution < 1.29 is 4.74 Å². The van der Waals surface area contributed by atoms with Crippen LogP contribution in [0.3, 0.4) is 0 Å². The molecule has 2 aromatic rings. The number of nitrogens with one attached hydrogen (secondary N) is 1. The van der Waals surface area contributed by atoms with Gasteiger partial charge in [-0.2, -0.15) is 5.26 Å². The molecule has 1 N–H and O–H groups in total. The molecule has 1 unspecified atom stereocenters. The van der Waals surface area contributed by atoms with E-state index >= 15 is 0 Å². The Balaban J connectivity index is 1.93. The molecule has 3 heteroatoms. The molecule has 0 aromatic heterocycles. The second-order valence-electron chi connectivity index (χ2n) is 4.68. The first kappa shape index (κ1) is 14.1. The molecular weight excluding hydrogens is 248 g/mol. The summed E-state index contributed by atoms with van der Waals surface area (Å²) in [6.07, 6.45) is 0. The lowest BCUT2D eigenvalue weighted by molar-refractivity contribution is 0.414. The first-order chi connectivity index (χ1) is 9.72. The van der Waals surface area contributed by atoms with Crippen molar-refractivity contribution in [3.8, 4) is 11.8 Å². The summed E-state index contributed by atoms with van der Waals surface area (Å²) in [5.41, 5.74) is 3.08. The minimum atomic E-state index is 0.261. The number of hydrogen-bond donors (Lipinski definition) is 1. The summed E-state index contributed by atoms with van der Waals surface area (Å²) >= 11 is 0. The lowest BCUT2D eigenvalue weighted by atomic mass is 10.1. The number of nitrogens with zero attached hydrogens (tertiary/aromatic N) is 1. The van der Waals surface area contributed by atoms with Gasteiger partial charge in [-0.25, -0.2) is 0 Å². The number of benzene rings is 2. The van der Waals surface area contributed by atoms with E-state index in [4.69, 9.17) is 10.00 Å². The maximum Gasteiger partial charge on any atom is 0.118 e. The number of methoxy groups -OCH3 is 1. The molecule has 0 aliphatic carbocycles. The van der Waals surface area contributed by atoms with Crippen molar-refractivity contribution in [3.63, 3.8) is 0 Å². The molecule has 0 saturated heterocycles. The zero-order valence-electron chi connectivity index (χ0n) is 11.8. The highest BCUT2D eigenvalue weighted by molar-refractivity contribution is 5.32. The molecule has 0 bridgehead atoms. The third-order valence-electron chi connectivity index (χ3n) is 3.31. The van der Waals surface area contributed by atoms with Gasteiger partial charge in [0.05, 0.1) is 18.7 Å². The van der Waals surface area contributed by atoms with Crippen LogP contribution in [0.2, 0.25) is 0 Å². The van der Waals surface area contributed by atoms with Gasteiger partial charge in [0, 0.05) is 12.6 Å². The molecule has 0 aliphatic rings. The van der Waals surface area contributed by atoms with Gasteiger partial charge in [0.1, 0.15) is 5.75 Å². The Morgan fingerprint density at radius 2 is 1.75 bits per heavy atom. The van der Waals surface area contributed by atoms with Gasteiger partial charge in [-0.15, -0.1) is 0 Å². The second-order valence-corrected chi connectivity index (χ2v) is 4.68. The minimum absolute atomic E-state index is 0.261. The van der Waals surface area contributed by atoms with Crippen molar-refractivity contribution in [2.75, 3.05) is 7.11 Å². The van der Waals surface area contributed by atoms with E-state index in [1.54, 1.807) is 7.11 Å².